The third-order valence-electron chi connectivity index (χ3n) is 4.42. The molecule has 24 heavy (non-hydrogen) atoms. The minimum Gasteiger partial charge on any atom is -0.341 e. The topological polar surface area (TPSA) is 54.5 Å². The Morgan fingerprint density at radius 1 is 1.21 bits per heavy atom. The Labute approximate surface area is 154 Å². The van der Waals surface area contributed by atoms with Crippen LogP contribution in [0.2, 0.25) is 10.0 Å². The minimum atomic E-state index is -3.62. The molecule has 0 bridgehead atoms. The first-order valence-corrected chi connectivity index (χ1v) is 10.5. The number of halogens is 2. The zero-order valence-electron chi connectivity index (χ0n) is 14.1. The van der Waals surface area contributed by atoms with Crippen LogP contribution in [0.1, 0.15) is 32.8 Å². The molecule has 0 aliphatic carbocycles. The van der Waals surface area contributed by atoms with Crippen molar-refractivity contribution in [1.29, 1.82) is 0 Å². The van der Waals surface area contributed by atoms with E-state index in [0.29, 0.717) is 40.5 Å². The highest BCUT2D eigenvalue weighted by molar-refractivity contribution is 7.92. The van der Waals surface area contributed by atoms with Gasteiger partial charge in [0.15, 0.2) is 9.84 Å². The standard InChI is InChI=1S/C17H23Cl2NO3S/c1-11-6-12(2)9-20(8-11)17(21)13(3)24(22,23)10-14-4-5-15(18)16(19)7-14/h4-5,7,11-13H,6,8-10H2,1-3H3/t11-,12+,13-/m0/s1. The van der Waals surface area contributed by atoms with Gasteiger partial charge in [0.1, 0.15) is 5.25 Å². The third-order valence-corrected chi connectivity index (χ3v) is 7.17. The van der Waals surface area contributed by atoms with Crippen LogP contribution in [0, 0.1) is 11.8 Å². The summed E-state index contributed by atoms with van der Waals surface area (Å²) in [6.45, 7) is 6.89. The van der Waals surface area contributed by atoms with Gasteiger partial charge < -0.3 is 4.90 Å². The van der Waals surface area contributed by atoms with Crippen LogP contribution in [0.4, 0.5) is 0 Å². The third kappa shape index (κ3) is 4.64. The van der Waals surface area contributed by atoms with Crippen LogP contribution in [0.15, 0.2) is 18.2 Å². The Hall–Kier alpha value is -0.780. The number of sulfone groups is 1. The van der Waals surface area contributed by atoms with Crippen molar-refractivity contribution in [2.75, 3.05) is 13.1 Å². The number of rotatable bonds is 4. The summed E-state index contributed by atoms with van der Waals surface area (Å²) in [4.78, 5) is 14.3. The number of hydrogen-bond acceptors (Lipinski definition) is 3. The highest BCUT2D eigenvalue weighted by Crippen LogP contribution is 2.26. The first-order valence-electron chi connectivity index (χ1n) is 8.04. The molecule has 134 valence electrons. The molecular weight excluding hydrogens is 369 g/mol. The number of hydrogen-bond donors (Lipinski definition) is 0. The van der Waals surface area contributed by atoms with Crippen LogP contribution in [0.5, 0.6) is 0 Å². The number of nitrogens with zero attached hydrogens (tertiary/aromatic N) is 1. The summed E-state index contributed by atoms with van der Waals surface area (Å²) in [5.41, 5.74) is 0.532. The predicted octanol–water partition coefficient (Wildman–Crippen LogP) is 3.80. The number of likely N-dealkylation sites (tertiary alicyclic amines) is 1. The van der Waals surface area contributed by atoms with Gasteiger partial charge in [-0.2, -0.15) is 0 Å². The summed E-state index contributed by atoms with van der Waals surface area (Å²) >= 11 is 11.8. The largest absolute Gasteiger partial charge is 0.341 e. The zero-order chi connectivity index (χ0) is 18.1. The van der Waals surface area contributed by atoms with Crippen molar-refractivity contribution in [3.05, 3.63) is 33.8 Å². The van der Waals surface area contributed by atoms with Gasteiger partial charge in [-0.3, -0.25) is 4.79 Å². The maximum absolute atomic E-state index is 12.6. The van der Waals surface area contributed by atoms with Crippen molar-refractivity contribution in [2.24, 2.45) is 11.8 Å². The molecule has 0 unspecified atom stereocenters. The average molecular weight is 392 g/mol. The summed E-state index contributed by atoms with van der Waals surface area (Å²) < 4.78 is 25.2. The summed E-state index contributed by atoms with van der Waals surface area (Å²) in [5, 5.41) is -0.385. The molecule has 0 aromatic heterocycles. The van der Waals surface area contributed by atoms with Gasteiger partial charge >= 0.3 is 0 Å². The van der Waals surface area contributed by atoms with Gasteiger partial charge in [0, 0.05) is 13.1 Å². The van der Waals surface area contributed by atoms with Crippen LogP contribution in [0.25, 0.3) is 0 Å². The molecule has 1 aliphatic rings. The second-order valence-electron chi connectivity index (χ2n) is 6.89. The van der Waals surface area contributed by atoms with Gasteiger partial charge in [0.25, 0.3) is 0 Å². The van der Waals surface area contributed by atoms with E-state index in [1.807, 2.05) is 0 Å². The van der Waals surface area contributed by atoms with E-state index < -0.39 is 15.1 Å². The Morgan fingerprint density at radius 2 is 1.79 bits per heavy atom. The van der Waals surface area contributed by atoms with Crippen LogP contribution in [-0.2, 0) is 20.4 Å². The van der Waals surface area contributed by atoms with Crippen LogP contribution >= 0.6 is 23.2 Å². The van der Waals surface area contributed by atoms with E-state index in [2.05, 4.69) is 13.8 Å². The van der Waals surface area contributed by atoms with E-state index in [0.717, 1.165) is 6.42 Å². The van der Waals surface area contributed by atoms with E-state index in [9.17, 15) is 13.2 Å². The van der Waals surface area contributed by atoms with Crippen molar-refractivity contribution in [3.63, 3.8) is 0 Å². The van der Waals surface area contributed by atoms with Crippen LogP contribution in [-0.4, -0.2) is 37.6 Å². The van der Waals surface area contributed by atoms with Gasteiger partial charge in [0.05, 0.1) is 15.8 Å². The lowest BCUT2D eigenvalue weighted by Gasteiger charge is -2.36. The molecule has 0 saturated carbocycles. The molecule has 4 nitrogen and oxygen atoms in total. The molecule has 1 heterocycles. The predicted molar refractivity (Wildman–Crippen MR) is 98.1 cm³/mol. The smallest absolute Gasteiger partial charge is 0.240 e. The average Bonchev–Trinajstić information content (AvgIpc) is 2.48. The molecule has 0 spiro atoms. The van der Waals surface area contributed by atoms with E-state index in [1.165, 1.54) is 13.0 Å². The van der Waals surface area contributed by atoms with Crippen LogP contribution in [0.3, 0.4) is 0 Å². The molecule has 7 heteroatoms. The van der Waals surface area contributed by atoms with Gasteiger partial charge in [-0.25, -0.2) is 8.42 Å². The van der Waals surface area contributed by atoms with E-state index in [4.69, 9.17) is 23.2 Å². The van der Waals surface area contributed by atoms with Crippen molar-refractivity contribution in [2.45, 2.75) is 38.2 Å². The highest BCUT2D eigenvalue weighted by Gasteiger charge is 2.34. The fourth-order valence-corrected chi connectivity index (χ4v) is 4.91. The quantitative estimate of drug-likeness (QED) is 0.783. The first-order chi connectivity index (χ1) is 11.1. The second-order valence-corrected chi connectivity index (χ2v) is 10.0. The first kappa shape index (κ1) is 19.5. The van der Waals surface area contributed by atoms with Gasteiger partial charge in [-0.1, -0.05) is 43.1 Å². The summed E-state index contributed by atoms with van der Waals surface area (Å²) in [5.74, 6) is 0.245. The molecule has 1 aromatic carbocycles. The van der Waals surface area contributed by atoms with Crippen molar-refractivity contribution in [3.8, 4) is 0 Å². The summed E-state index contributed by atoms with van der Waals surface area (Å²) in [6.07, 6.45) is 1.06. The number of benzene rings is 1. The lowest BCUT2D eigenvalue weighted by molar-refractivity contribution is -0.133. The van der Waals surface area contributed by atoms with E-state index in [1.54, 1.807) is 17.0 Å². The maximum atomic E-state index is 12.6. The van der Waals surface area contributed by atoms with Gasteiger partial charge in [-0.15, -0.1) is 0 Å². The summed E-state index contributed by atoms with van der Waals surface area (Å²) in [7, 11) is -3.62. The highest BCUT2D eigenvalue weighted by atomic mass is 35.5. The summed E-state index contributed by atoms with van der Waals surface area (Å²) in [6, 6.07) is 4.72. The Bertz CT molecular complexity index is 711. The molecular formula is C17H23Cl2NO3S. The van der Waals surface area contributed by atoms with Crippen LogP contribution < -0.4 is 0 Å². The monoisotopic (exact) mass is 391 g/mol. The minimum absolute atomic E-state index is 0.226. The Morgan fingerprint density at radius 3 is 2.33 bits per heavy atom. The van der Waals surface area contributed by atoms with Crippen molar-refractivity contribution in [1.82, 2.24) is 4.90 Å². The lowest BCUT2D eigenvalue weighted by atomic mass is 9.92. The fraction of sp³-hybridized carbons (Fsp3) is 0.588. The molecule has 1 amide bonds. The van der Waals surface area contributed by atoms with Gasteiger partial charge in [-0.05, 0) is 42.9 Å². The molecule has 0 radical (unpaired) electrons. The molecule has 1 aliphatic heterocycles. The molecule has 1 aromatic rings. The van der Waals surface area contributed by atoms with Gasteiger partial charge in [0.2, 0.25) is 5.91 Å². The number of carbonyl (C=O) groups excluding carboxylic acids is 1. The molecule has 1 saturated heterocycles. The Kier molecular flexibility index (Phi) is 6.21. The molecule has 2 rings (SSSR count). The SMILES string of the molecule is C[C@@H]1C[C@H](C)CN(C(=O)[C@H](C)S(=O)(=O)Cc2ccc(Cl)c(Cl)c2)C1. The second kappa shape index (κ2) is 7.63. The number of piperidine rings is 1. The van der Waals surface area contributed by atoms with Crippen molar-refractivity contribution >= 4 is 38.9 Å². The maximum Gasteiger partial charge on any atom is 0.240 e. The number of carbonyl (C=O) groups is 1. The van der Waals surface area contributed by atoms with Crippen molar-refractivity contribution < 1.29 is 13.2 Å². The normalized spacial score (nSPS) is 23.1. The van der Waals surface area contributed by atoms with E-state index >= 15 is 0 Å². The molecule has 1 fully saturated rings. The lowest BCUT2D eigenvalue weighted by Crippen LogP contribution is -2.48. The fourth-order valence-electron chi connectivity index (χ4n) is 3.24. The molecule has 3 atom stereocenters. The van der Waals surface area contributed by atoms with E-state index in [-0.39, 0.29) is 11.7 Å². The Balaban J connectivity index is 2.12. The number of amides is 1. The zero-order valence-corrected chi connectivity index (χ0v) is 16.5. The molecule has 0 N–H and O–H groups in total.